The summed E-state index contributed by atoms with van der Waals surface area (Å²) in [5.41, 5.74) is 1.09. The third-order valence-electron chi connectivity index (χ3n) is 4.51. The Bertz CT molecular complexity index is 997. The molecule has 0 bridgehead atoms. The fourth-order valence-electron chi connectivity index (χ4n) is 3.18. The van der Waals surface area contributed by atoms with Crippen molar-refractivity contribution in [1.82, 2.24) is 4.90 Å². The second-order valence-electron chi connectivity index (χ2n) is 6.14. The summed E-state index contributed by atoms with van der Waals surface area (Å²) in [6.45, 7) is 2.46. The molecule has 2 atom stereocenters. The van der Waals surface area contributed by atoms with Crippen molar-refractivity contribution in [3.05, 3.63) is 52.0 Å². The largest absolute Gasteiger partial charge is 0.489 e. The molecule has 0 radical (unpaired) electrons. The molecule has 1 aromatic heterocycles. The lowest BCUT2D eigenvalue weighted by molar-refractivity contribution is -0.161. The Morgan fingerprint density at radius 1 is 1.30 bits per heavy atom. The fraction of sp³-hybridized carbons (Fsp3) is 0.316. The van der Waals surface area contributed by atoms with Crippen molar-refractivity contribution in [3.63, 3.8) is 0 Å². The highest BCUT2D eigenvalue weighted by Crippen LogP contribution is 2.41. The molecule has 0 unspecified atom stereocenters. The number of thioether (sulfide) groups is 1. The molecule has 1 aromatic carbocycles. The number of carbonyl (C=O) groups is 2. The molecular weight excluding hydrogens is 370 g/mol. The summed E-state index contributed by atoms with van der Waals surface area (Å²) in [5.74, 6) is 0.902. The van der Waals surface area contributed by atoms with Crippen molar-refractivity contribution < 1.29 is 23.5 Å². The van der Waals surface area contributed by atoms with Crippen LogP contribution in [0.3, 0.4) is 0 Å². The number of hydrogen-bond acceptors (Lipinski definition) is 7. The van der Waals surface area contributed by atoms with Crippen molar-refractivity contribution in [2.75, 3.05) is 19.0 Å². The number of nitrogens with zero attached hydrogens (tertiary/aromatic N) is 1. The molecule has 0 aliphatic carbocycles. The molecule has 1 saturated heterocycles. The summed E-state index contributed by atoms with van der Waals surface area (Å²) in [6.07, 6.45) is 0.214. The normalized spacial score (nSPS) is 21.8. The van der Waals surface area contributed by atoms with E-state index in [2.05, 4.69) is 0 Å². The summed E-state index contributed by atoms with van der Waals surface area (Å²) in [7, 11) is 0. The number of amides is 1. The SMILES string of the molecule is CCO[C@H]1C(=O)N2C(C=O)=C(COc3ccc4ccc(=O)oc4c3)CS[C@H]12. The molecule has 1 fully saturated rings. The number of benzene rings is 1. The van der Waals surface area contributed by atoms with Gasteiger partial charge in [-0.15, -0.1) is 11.8 Å². The summed E-state index contributed by atoms with van der Waals surface area (Å²) in [6, 6.07) is 8.23. The first-order chi connectivity index (χ1) is 13.1. The lowest BCUT2D eigenvalue weighted by Gasteiger charge is -2.48. The molecule has 1 amide bonds. The zero-order valence-corrected chi connectivity index (χ0v) is 15.4. The molecule has 0 N–H and O–H groups in total. The van der Waals surface area contributed by atoms with Crippen LogP contribution in [0.1, 0.15) is 6.92 Å². The summed E-state index contributed by atoms with van der Waals surface area (Å²) < 4.78 is 16.4. The molecule has 0 spiro atoms. The van der Waals surface area contributed by atoms with E-state index in [-0.39, 0.29) is 17.9 Å². The van der Waals surface area contributed by atoms with Crippen molar-refractivity contribution in [1.29, 1.82) is 0 Å². The zero-order chi connectivity index (χ0) is 19.0. The van der Waals surface area contributed by atoms with Crippen LogP contribution in [0.2, 0.25) is 0 Å². The van der Waals surface area contributed by atoms with Gasteiger partial charge < -0.3 is 13.9 Å². The van der Waals surface area contributed by atoms with Gasteiger partial charge in [-0.2, -0.15) is 0 Å². The predicted molar refractivity (Wildman–Crippen MR) is 99.6 cm³/mol. The van der Waals surface area contributed by atoms with Crippen LogP contribution >= 0.6 is 11.8 Å². The van der Waals surface area contributed by atoms with Gasteiger partial charge in [0.05, 0.1) is 5.70 Å². The van der Waals surface area contributed by atoms with Gasteiger partial charge in [-0.25, -0.2) is 4.79 Å². The van der Waals surface area contributed by atoms with E-state index in [1.807, 2.05) is 6.92 Å². The minimum absolute atomic E-state index is 0.156. The highest BCUT2D eigenvalue weighted by atomic mass is 32.2. The van der Waals surface area contributed by atoms with Crippen LogP contribution in [0.15, 0.2) is 50.8 Å². The molecule has 2 aromatic rings. The first kappa shape index (κ1) is 17.8. The van der Waals surface area contributed by atoms with Crippen molar-refractivity contribution in [2.24, 2.45) is 0 Å². The van der Waals surface area contributed by atoms with Crippen LogP contribution in [0.5, 0.6) is 5.75 Å². The maximum atomic E-state index is 12.3. The van der Waals surface area contributed by atoms with Gasteiger partial charge in [-0.3, -0.25) is 14.5 Å². The van der Waals surface area contributed by atoms with Crippen molar-refractivity contribution in [2.45, 2.75) is 18.4 Å². The lowest BCUT2D eigenvalue weighted by Crippen LogP contribution is -2.65. The van der Waals surface area contributed by atoms with E-state index in [0.717, 1.165) is 11.0 Å². The Labute approximate surface area is 158 Å². The van der Waals surface area contributed by atoms with Gasteiger partial charge in [-0.1, -0.05) is 0 Å². The average Bonchev–Trinajstić information content (AvgIpc) is 2.69. The van der Waals surface area contributed by atoms with Gasteiger partial charge in [0, 0.05) is 35.5 Å². The van der Waals surface area contributed by atoms with E-state index in [4.69, 9.17) is 13.9 Å². The lowest BCUT2D eigenvalue weighted by atomic mass is 10.1. The highest BCUT2D eigenvalue weighted by molar-refractivity contribution is 8.00. The Kier molecular flexibility index (Phi) is 4.75. The Hall–Kier alpha value is -2.58. The molecule has 27 heavy (non-hydrogen) atoms. The Morgan fingerprint density at radius 2 is 2.11 bits per heavy atom. The van der Waals surface area contributed by atoms with Gasteiger partial charge in [0.15, 0.2) is 12.4 Å². The highest BCUT2D eigenvalue weighted by Gasteiger charge is 2.52. The maximum Gasteiger partial charge on any atom is 0.336 e. The van der Waals surface area contributed by atoms with Gasteiger partial charge in [0.1, 0.15) is 23.3 Å². The maximum absolute atomic E-state index is 12.3. The van der Waals surface area contributed by atoms with Crippen molar-refractivity contribution in [3.8, 4) is 5.75 Å². The van der Waals surface area contributed by atoms with Gasteiger partial charge in [0.2, 0.25) is 0 Å². The first-order valence-electron chi connectivity index (χ1n) is 8.52. The molecule has 2 aliphatic heterocycles. The van der Waals surface area contributed by atoms with Crippen LogP contribution in [-0.2, 0) is 14.3 Å². The number of β-lactam (4-membered cyclic amide) rings is 1. The summed E-state index contributed by atoms with van der Waals surface area (Å²) in [4.78, 5) is 36.7. The number of carbonyl (C=O) groups excluding carboxylic acids is 2. The van der Waals surface area contributed by atoms with Crippen molar-refractivity contribution >= 4 is 34.9 Å². The van der Waals surface area contributed by atoms with E-state index in [1.165, 1.54) is 11.0 Å². The monoisotopic (exact) mass is 387 g/mol. The molecule has 8 heteroatoms. The molecule has 140 valence electrons. The van der Waals surface area contributed by atoms with Gasteiger partial charge >= 0.3 is 5.63 Å². The van der Waals surface area contributed by atoms with Crippen LogP contribution in [0.4, 0.5) is 0 Å². The number of hydrogen-bond donors (Lipinski definition) is 0. The zero-order valence-electron chi connectivity index (χ0n) is 14.5. The molecule has 0 saturated carbocycles. The topological polar surface area (TPSA) is 86.0 Å². The van der Waals surface area contributed by atoms with E-state index in [0.29, 0.717) is 35.7 Å². The number of allylic oxidation sites excluding steroid dienone is 1. The predicted octanol–water partition coefficient (Wildman–Crippen LogP) is 1.94. The second kappa shape index (κ2) is 7.21. The van der Waals surface area contributed by atoms with Crippen LogP contribution in [0.25, 0.3) is 11.0 Å². The van der Waals surface area contributed by atoms with E-state index in [1.54, 1.807) is 36.0 Å². The number of rotatable bonds is 6. The third-order valence-corrected chi connectivity index (χ3v) is 5.82. The second-order valence-corrected chi connectivity index (χ2v) is 7.24. The third kappa shape index (κ3) is 3.15. The van der Waals surface area contributed by atoms with Gasteiger partial charge in [-0.05, 0) is 25.1 Å². The Morgan fingerprint density at radius 3 is 2.89 bits per heavy atom. The quantitative estimate of drug-likeness (QED) is 0.425. The number of fused-ring (bicyclic) bond motifs is 2. The smallest absolute Gasteiger partial charge is 0.336 e. The summed E-state index contributed by atoms with van der Waals surface area (Å²) in [5, 5.41) is 0.635. The molecular formula is C19H17NO6S. The molecule has 2 aliphatic rings. The standard InChI is InChI=1S/C19H17NO6S/c1-2-24-17-18(23)20-14(8-21)12(10-27-19(17)20)9-25-13-5-3-11-4-6-16(22)26-15(11)7-13/h3-8,17,19H,2,9-10H2,1H3/t17-,19+/m0/s1. The minimum atomic E-state index is -0.485. The minimum Gasteiger partial charge on any atom is -0.489 e. The van der Waals surface area contributed by atoms with E-state index in [9.17, 15) is 14.4 Å². The number of aldehydes is 1. The molecule has 3 heterocycles. The van der Waals surface area contributed by atoms with E-state index >= 15 is 0 Å². The van der Waals surface area contributed by atoms with Crippen LogP contribution < -0.4 is 10.4 Å². The molecule has 4 rings (SSSR count). The van der Waals surface area contributed by atoms with E-state index < -0.39 is 11.7 Å². The fourth-order valence-corrected chi connectivity index (χ4v) is 4.52. The molecule has 7 nitrogen and oxygen atoms in total. The average molecular weight is 387 g/mol. The summed E-state index contributed by atoms with van der Waals surface area (Å²) >= 11 is 1.56. The van der Waals surface area contributed by atoms with Crippen LogP contribution in [0, 0.1) is 0 Å². The van der Waals surface area contributed by atoms with Crippen LogP contribution in [-0.4, -0.2) is 47.5 Å². The van der Waals surface area contributed by atoms with Gasteiger partial charge in [0.25, 0.3) is 5.91 Å². The Balaban J connectivity index is 1.52. The first-order valence-corrected chi connectivity index (χ1v) is 9.57. The number of ether oxygens (including phenoxy) is 2.